The second-order valence-electron chi connectivity index (χ2n) is 6.30. The molecule has 2 rings (SSSR count). The number of carbonyl (C=O) groups is 1. The lowest BCUT2D eigenvalue weighted by Gasteiger charge is -2.16. The lowest BCUT2D eigenvalue weighted by molar-refractivity contribution is -0.139. The van der Waals surface area contributed by atoms with E-state index in [1.165, 1.54) is 37.7 Å². The standard InChI is InChI=1S/C21H27BrO2/c1-3-4-5-6-7-9-14-18(15-22)19-16(2)21(23)24-20(19)17-12-10-8-11-13-17/h8,10-14,20H,3-7,9,15H2,1-2H3/b18-14+. The molecule has 1 aliphatic heterocycles. The summed E-state index contributed by atoms with van der Waals surface area (Å²) in [5, 5.41) is 0.745. The summed E-state index contributed by atoms with van der Waals surface area (Å²) in [6.45, 7) is 4.11. The van der Waals surface area contributed by atoms with Crippen LogP contribution in [0.1, 0.15) is 64.0 Å². The molecule has 0 aromatic heterocycles. The fraction of sp³-hybridized carbons (Fsp3) is 0.476. The number of esters is 1. The molecule has 1 unspecified atom stereocenters. The smallest absolute Gasteiger partial charge is 0.335 e. The number of allylic oxidation sites excluding steroid dienone is 1. The number of halogens is 1. The third-order valence-corrected chi connectivity index (χ3v) is 5.09. The number of rotatable bonds is 9. The zero-order valence-corrected chi connectivity index (χ0v) is 16.3. The molecular formula is C21H27BrO2. The minimum atomic E-state index is -0.275. The van der Waals surface area contributed by atoms with Crippen molar-refractivity contribution < 1.29 is 9.53 Å². The molecule has 0 radical (unpaired) electrons. The van der Waals surface area contributed by atoms with Crippen LogP contribution in [0, 0.1) is 0 Å². The fourth-order valence-electron chi connectivity index (χ4n) is 3.09. The van der Waals surface area contributed by atoms with E-state index in [-0.39, 0.29) is 12.1 Å². The van der Waals surface area contributed by atoms with E-state index in [0.717, 1.165) is 28.5 Å². The highest BCUT2D eigenvalue weighted by atomic mass is 79.9. The lowest BCUT2D eigenvalue weighted by atomic mass is 9.93. The molecule has 2 nitrogen and oxygen atoms in total. The first-order valence-electron chi connectivity index (χ1n) is 8.91. The van der Waals surface area contributed by atoms with Crippen LogP contribution in [0.4, 0.5) is 0 Å². The number of alkyl halides is 1. The Kier molecular flexibility index (Phi) is 7.77. The van der Waals surface area contributed by atoms with E-state index in [1.54, 1.807) is 0 Å². The Hall–Kier alpha value is -1.35. The van der Waals surface area contributed by atoms with Gasteiger partial charge in [-0.25, -0.2) is 4.79 Å². The van der Waals surface area contributed by atoms with Crippen molar-refractivity contribution in [2.24, 2.45) is 0 Å². The van der Waals surface area contributed by atoms with Gasteiger partial charge in [0.25, 0.3) is 0 Å². The van der Waals surface area contributed by atoms with Crippen LogP contribution in [0.25, 0.3) is 0 Å². The molecule has 1 aromatic carbocycles. The van der Waals surface area contributed by atoms with Crippen molar-refractivity contribution in [3.05, 3.63) is 58.7 Å². The molecule has 0 fully saturated rings. The highest BCUT2D eigenvalue weighted by Gasteiger charge is 2.33. The maximum absolute atomic E-state index is 12.1. The topological polar surface area (TPSA) is 26.3 Å². The molecule has 1 aromatic rings. The molecule has 0 saturated carbocycles. The molecule has 0 bridgehead atoms. The minimum absolute atomic E-state index is 0.200. The third kappa shape index (κ3) is 4.83. The van der Waals surface area contributed by atoms with Crippen molar-refractivity contribution in [1.29, 1.82) is 0 Å². The number of benzene rings is 1. The first kappa shape index (κ1) is 19.0. The second-order valence-corrected chi connectivity index (χ2v) is 6.86. The number of hydrogen-bond donors (Lipinski definition) is 0. The molecule has 0 saturated heterocycles. The van der Waals surface area contributed by atoms with E-state index in [2.05, 4.69) is 28.9 Å². The van der Waals surface area contributed by atoms with Gasteiger partial charge < -0.3 is 4.74 Å². The monoisotopic (exact) mass is 390 g/mol. The van der Waals surface area contributed by atoms with Gasteiger partial charge in [-0.05, 0) is 30.9 Å². The zero-order chi connectivity index (χ0) is 17.4. The normalized spacial score (nSPS) is 18.2. The van der Waals surface area contributed by atoms with Gasteiger partial charge >= 0.3 is 5.97 Å². The van der Waals surface area contributed by atoms with E-state index in [4.69, 9.17) is 4.74 Å². The largest absolute Gasteiger partial charge is 0.449 e. The van der Waals surface area contributed by atoms with Crippen molar-refractivity contribution in [3.63, 3.8) is 0 Å². The predicted octanol–water partition coefficient (Wildman–Crippen LogP) is 6.28. The van der Waals surface area contributed by atoms with Crippen molar-refractivity contribution in [2.45, 2.75) is 58.5 Å². The van der Waals surface area contributed by atoms with E-state index in [1.807, 2.05) is 37.3 Å². The third-order valence-electron chi connectivity index (χ3n) is 4.49. The van der Waals surface area contributed by atoms with E-state index in [0.29, 0.717) is 0 Å². The van der Waals surface area contributed by atoms with E-state index < -0.39 is 0 Å². The van der Waals surface area contributed by atoms with Gasteiger partial charge in [0.2, 0.25) is 0 Å². The average Bonchev–Trinajstić information content (AvgIpc) is 2.91. The Morgan fingerprint density at radius 3 is 2.54 bits per heavy atom. The van der Waals surface area contributed by atoms with Crippen LogP contribution in [-0.4, -0.2) is 11.3 Å². The molecule has 130 valence electrons. The van der Waals surface area contributed by atoms with Gasteiger partial charge in [0.05, 0.1) is 0 Å². The van der Waals surface area contributed by atoms with Crippen LogP contribution < -0.4 is 0 Å². The fourth-order valence-corrected chi connectivity index (χ4v) is 3.62. The maximum Gasteiger partial charge on any atom is 0.335 e. The number of cyclic esters (lactones) is 1. The van der Waals surface area contributed by atoms with E-state index in [9.17, 15) is 4.79 Å². The molecule has 0 amide bonds. The maximum atomic E-state index is 12.1. The van der Waals surface area contributed by atoms with Crippen LogP contribution >= 0.6 is 15.9 Å². The molecule has 0 N–H and O–H groups in total. The van der Waals surface area contributed by atoms with Crippen LogP contribution in [0.3, 0.4) is 0 Å². The number of carbonyl (C=O) groups excluding carboxylic acids is 1. The Balaban J connectivity index is 2.13. The Morgan fingerprint density at radius 2 is 1.88 bits per heavy atom. The Morgan fingerprint density at radius 1 is 1.17 bits per heavy atom. The van der Waals surface area contributed by atoms with Crippen molar-refractivity contribution in [1.82, 2.24) is 0 Å². The lowest BCUT2D eigenvalue weighted by Crippen LogP contribution is -2.05. The highest BCUT2D eigenvalue weighted by molar-refractivity contribution is 9.09. The average molecular weight is 391 g/mol. The van der Waals surface area contributed by atoms with Crippen molar-refractivity contribution >= 4 is 21.9 Å². The van der Waals surface area contributed by atoms with Crippen LogP contribution in [0.5, 0.6) is 0 Å². The van der Waals surface area contributed by atoms with Gasteiger partial charge in [0.15, 0.2) is 6.10 Å². The van der Waals surface area contributed by atoms with Crippen LogP contribution in [0.15, 0.2) is 53.1 Å². The Bertz CT molecular complexity index is 602. The SMILES string of the molecule is CCCCCCC/C=C(\CBr)C1=C(C)C(=O)OC1c1ccccc1. The van der Waals surface area contributed by atoms with Gasteiger partial charge in [-0.2, -0.15) is 0 Å². The molecule has 0 aliphatic carbocycles. The van der Waals surface area contributed by atoms with E-state index >= 15 is 0 Å². The molecule has 1 heterocycles. The highest BCUT2D eigenvalue weighted by Crippen LogP contribution is 2.39. The van der Waals surface area contributed by atoms with Gasteiger partial charge in [0, 0.05) is 16.5 Å². The van der Waals surface area contributed by atoms with Gasteiger partial charge in [0.1, 0.15) is 0 Å². The summed E-state index contributed by atoms with van der Waals surface area (Å²) in [6, 6.07) is 9.99. The summed E-state index contributed by atoms with van der Waals surface area (Å²) in [5.74, 6) is -0.200. The molecular weight excluding hydrogens is 364 g/mol. The van der Waals surface area contributed by atoms with Gasteiger partial charge in [-0.15, -0.1) is 0 Å². The summed E-state index contributed by atoms with van der Waals surface area (Å²) in [6.07, 6.45) is 9.43. The minimum Gasteiger partial charge on any atom is -0.449 e. The predicted molar refractivity (Wildman–Crippen MR) is 103 cm³/mol. The van der Waals surface area contributed by atoms with Gasteiger partial charge in [-0.1, -0.05) is 84.9 Å². The summed E-state index contributed by atoms with van der Waals surface area (Å²) >= 11 is 3.60. The zero-order valence-electron chi connectivity index (χ0n) is 14.7. The van der Waals surface area contributed by atoms with Crippen LogP contribution in [-0.2, 0) is 9.53 Å². The van der Waals surface area contributed by atoms with Crippen LogP contribution in [0.2, 0.25) is 0 Å². The van der Waals surface area contributed by atoms with Crippen molar-refractivity contribution in [2.75, 3.05) is 5.33 Å². The molecule has 1 atom stereocenters. The molecule has 24 heavy (non-hydrogen) atoms. The number of hydrogen-bond acceptors (Lipinski definition) is 2. The molecule has 0 spiro atoms. The molecule has 3 heteroatoms. The summed E-state index contributed by atoms with van der Waals surface area (Å²) in [7, 11) is 0. The quantitative estimate of drug-likeness (QED) is 0.281. The summed E-state index contributed by atoms with van der Waals surface area (Å²) < 4.78 is 5.64. The number of unbranched alkanes of at least 4 members (excludes halogenated alkanes) is 5. The first-order chi connectivity index (χ1) is 11.7. The molecule has 1 aliphatic rings. The van der Waals surface area contributed by atoms with Gasteiger partial charge in [-0.3, -0.25) is 0 Å². The number of ether oxygens (including phenoxy) is 1. The second kappa shape index (κ2) is 9.83. The first-order valence-corrected chi connectivity index (χ1v) is 10.0. The summed E-state index contributed by atoms with van der Waals surface area (Å²) in [5.41, 5.74) is 3.99. The summed E-state index contributed by atoms with van der Waals surface area (Å²) in [4.78, 5) is 12.1. The van der Waals surface area contributed by atoms with Crippen molar-refractivity contribution in [3.8, 4) is 0 Å². The Labute approximate surface area is 154 Å².